The standard InChI is InChI=1S/C11H12IO2/c13-11(14)8-5-6-10(7-8)12-9-3-1-2-4-9/h5-6,9H,1-4H2,(H,13,14)/q-1. The number of hydrogen-bond acceptors (Lipinski definition) is 1. The van der Waals surface area contributed by atoms with Gasteiger partial charge in [-0.1, -0.05) is 0 Å². The number of hydrogen-bond donors (Lipinski definition) is 1. The van der Waals surface area contributed by atoms with Crippen LogP contribution in [-0.2, 0) is 4.79 Å². The van der Waals surface area contributed by atoms with E-state index in [4.69, 9.17) is 5.11 Å². The van der Waals surface area contributed by atoms with Gasteiger partial charge in [-0.2, -0.15) is 0 Å². The van der Waals surface area contributed by atoms with Crippen molar-refractivity contribution in [3.8, 4) is 0 Å². The first kappa shape index (κ1) is 9.99. The van der Waals surface area contributed by atoms with Crippen LogP contribution in [0.4, 0.5) is 0 Å². The van der Waals surface area contributed by atoms with Crippen molar-refractivity contribution in [1.29, 1.82) is 0 Å². The number of allylic oxidation sites excluding steroid dienone is 1. The van der Waals surface area contributed by atoms with Gasteiger partial charge in [0.05, 0.1) is 0 Å². The molecule has 0 bridgehead atoms. The second-order valence-electron chi connectivity index (χ2n) is 3.52. The third-order valence-corrected chi connectivity index (χ3v) is 5.86. The van der Waals surface area contributed by atoms with E-state index in [-0.39, 0.29) is 21.2 Å². The van der Waals surface area contributed by atoms with Crippen molar-refractivity contribution >= 4 is 5.97 Å². The summed E-state index contributed by atoms with van der Waals surface area (Å²) in [6.07, 6.45) is 9.01. The molecule has 1 fully saturated rings. The van der Waals surface area contributed by atoms with Gasteiger partial charge in [-0.3, -0.25) is 0 Å². The molecule has 0 aliphatic heterocycles. The van der Waals surface area contributed by atoms with Gasteiger partial charge >= 0.3 is 93.7 Å². The van der Waals surface area contributed by atoms with Gasteiger partial charge < -0.3 is 0 Å². The van der Waals surface area contributed by atoms with Crippen molar-refractivity contribution in [3.05, 3.63) is 27.0 Å². The summed E-state index contributed by atoms with van der Waals surface area (Å²) in [4.78, 5) is 10.6. The Balaban J connectivity index is 2.02. The molecule has 0 radical (unpaired) electrons. The van der Waals surface area contributed by atoms with Crippen molar-refractivity contribution in [1.82, 2.24) is 0 Å². The van der Waals surface area contributed by atoms with E-state index >= 15 is 0 Å². The molecule has 2 aliphatic carbocycles. The first-order valence-electron chi connectivity index (χ1n) is 4.81. The SMILES string of the molecule is O=C(O)C1=C=C([I-]C2CCCC2)C=C1. The molecule has 0 aromatic rings. The molecule has 76 valence electrons. The Morgan fingerprint density at radius 2 is 2.14 bits per heavy atom. The molecular formula is C11H12IO2-. The molecule has 0 unspecified atom stereocenters. The van der Waals surface area contributed by atoms with Crippen LogP contribution in [0, 0.1) is 0 Å². The Kier molecular flexibility index (Phi) is 3.08. The number of carboxylic acids is 1. The van der Waals surface area contributed by atoms with E-state index in [1.165, 1.54) is 29.3 Å². The fourth-order valence-electron chi connectivity index (χ4n) is 1.71. The number of halogens is 1. The van der Waals surface area contributed by atoms with E-state index in [1.807, 2.05) is 6.08 Å². The van der Waals surface area contributed by atoms with Gasteiger partial charge in [-0.15, -0.1) is 0 Å². The summed E-state index contributed by atoms with van der Waals surface area (Å²) >= 11 is -0.000378. The Bertz CT molecular complexity index is 342. The third kappa shape index (κ3) is 2.28. The molecule has 2 nitrogen and oxygen atoms in total. The molecular weight excluding hydrogens is 291 g/mol. The Labute approximate surface area is 93.6 Å². The monoisotopic (exact) mass is 303 g/mol. The van der Waals surface area contributed by atoms with Crippen LogP contribution in [0.5, 0.6) is 0 Å². The zero-order chi connectivity index (χ0) is 9.97. The summed E-state index contributed by atoms with van der Waals surface area (Å²) in [5.74, 6) is -0.855. The van der Waals surface area contributed by atoms with Crippen LogP contribution >= 0.6 is 0 Å². The van der Waals surface area contributed by atoms with Crippen LogP contribution in [0.1, 0.15) is 25.7 Å². The summed E-state index contributed by atoms with van der Waals surface area (Å²) in [6.45, 7) is 0. The minimum atomic E-state index is -0.855. The molecule has 1 saturated carbocycles. The second kappa shape index (κ2) is 4.32. The molecule has 0 aromatic heterocycles. The first-order chi connectivity index (χ1) is 6.75. The quantitative estimate of drug-likeness (QED) is 0.416. The molecule has 14 heavy (non-hydrogen) atoms. The van der Waals surface area contributed by atoms with Gasteiger partial charge in [-0.25, -0.2) is 0 Å². The van der Waals surface area contributed by atoms with Crippen molar-refractivity contribution < 1.29 is 31.1 Å². The van der Waals surface area contributed by atoms with Crippen molar-refractivity contribution in [3.63, 3.8) is 0 Å². The predicted molar refractivity (Wildman–Crippen MR) is 49.6 cm³/mol. The van der Waals surface area contributed by atoms with Gasteiger partial charge in [0.1, 0.15) is 0 Å². The zero-order valence-corrected chi connectivity index (χ0v) is 9.95. The normalized spacial score (nSPS) is 21.4. The number of rotatable bonds is 3. The maximum atomic E-state index is 10.6. The molecule has 0 spiro atoms. The second-order valence-corrected chi connectivity index (χ2v) is 7.06. The molecule has 3 heteroatoms. The topological polar surface area (TPSA) is 37.3 Å². The molecule has 0 heterocycles. The van der Waals surface area contributed by atoms with E-state index in [2.05, 4.69) is 5.73 Å². The number of carbonyl (C=O) groups is 1. The predicted octanol–water partition coefficient (Wildman–Crippen LogP) is -0.918. The van der Waals surface area contributed by atoms with Crippen molar-refractivity contribution in [2.24, 2.45) is 0 Å². The Morgan fingerprint density at radius 1 is 1.43 bits per heavy atom. The average Bonchev–Trinajstić information content (AvgIpc) is 2.75. The first-order valence-corrected chi connectivity index (χ1v) is 7.14. The van der Waals surface area contributed by atoms with E-state index in [0.717, 1.165) is 3.92 Å². The van der Waals surface area contributed by atoms with Crippen molar-refractivity contribution in [2.45, 2.75) is 29.6 Å². The number of carboxylic acid groups (broad SMARTS) is 1. The molecule has 0 amide bonds. The molecule has 0 atom stereocenters. The van der Waals surface area contributed by atoms with Crippen LogP contribution < -0.4 is 21.2 Å². The van der Waals surface area contributed by atoms with Crippen LogP contribution in [0.3, 0.4) is 0 Å². The van der Waals surface area contributed by atoms with E-state index in [1.54, 1.807) is 6.08 Å². The van der Waals surface area contributed by atoms with Crippen LogP contribution in [-0.4, -0.2) is 15.0 Å². The molecule has 2 rings (SSSR count). The van der Waals surface area contributed by atoms with Crippen molar-refractivity contribution in [2.75, 3.05) is 0 Å². The minimum absolute atomic E-state index is 0.000378. The number of alkyl halides is 1. The van der Waals surface area contributed by atoms with Crippen LogP contribution in [0.2, 0.25) is 0 Å². The van der Waals surface area contributed by atoms with E-state index < -0.39 is 5.97 Å². The van der Waals surface area contributed by atoms with Crippen LogP contribution in [0.25, 0.3) is 0 Å². The maximum absolute atomic E-state index is 10.6. The van der Waals surface area contributed by atoms with Gasteiger partial charge in [0.15, 0.2) is 0 Å². The van der Waals surface area contributed by atoms with E-state index in [0.29, 0.717) is 5.57 Å². The average molecular weight is 303 g/mol. The van der Waals surface area contributed by atoms with E-state index in [9.17, 15) is 4.79 Å². The molecule has 0 aromatic carbocycles. The Hall–Kier alpha value is -0.540. The molecule has 0 saturated heterocycles. The van der Waals surface area contributed by atoms with Gasteiger partial charge in [0.25, 0.3) is 0 Å². The summed E-state index contributed by atoms with van der Waals surface area (Å²) in [5, 5.41) is 8.74. The molecule has 2 aliphatic rings. The number of aliphatic carboxylic acids is 1. The zero-order valence-electron chi connectivity index (χ0n) is 7.79. The summed E-state index contributed by atoms with van der Waals surface area (Å²) in [5.41, 5.74) is 3.32. The summed E-state index contributed by atoms with van der Waals surface area (Å²) < 4.78 is 2.04. The van der Waals surface area contributed by atoms with Gasteiger partial charge in [0, 0.05) is 0 Å². The molecule has 1 N–H and O–H groups in total. The summed E-state index contributed by atoms with van der Waals surface area (Å²) in [7, 11) is 0. The summed E-state index contributed by atoms with van der Waals surface area (Å²) in [6, 6.07) is 0. The Morgan fingerprint density at radius 3 is 2.71 bits per heavy atom. The van der Waals surface area contributed by atoms with Gasteiger partial charge in [-0.05, 0) is 0 Å². The van der Waals surface area contributed by atoms with Gasteiger partial charge in [0.2, 0.25) is 0 Å². The third-order valence-electron chi connectivity index (χ3n) is 2.44. The fraction of sp³-hybridized carbons (Fsp3) is 0.455. The fourth-order valence-corrected chi connectivity index (χ4v) is 4.99. The van der Waals surface area contributed by atoms with Crippen LogP contribution in [0.15, 0.2) is 27.0 Å².